The highest BCUT2D eigenvalue weighted by Gasteiger charge is 2.07. The molecule has 7 heteroatoms. The van der Waals surface area contributed by atoms with E-state index >= 15 is 0 Å². The van der Waals surface area contributed by atoms with Crippen molar-refractivity contribution in [1.29, 1.82) is 0 Å². The molecule has 0 aromatic heterocycles. The molecule has 0 atom stereocenters. The molecular weight excluding hydrogens is 458 g/mol. The highest BCUT2D eigenvalue weighted by atomic mass is 127. The number of hydrogen-bond donors (Lipinski definition) is 2. The average Bonchev–Trinajstić information content (AvgIpc) is 2.62. The van der Waals surface area contributed by atoms with Crippen molar-refractivity contribution >= 4 is 35.6 Å². The first-order chi connectivity index (χ1) is 12.4. The molecule has 0 radical (unpaired) electrons. The van der Waals surface area contributed by atoms with Crippen molar-refractivity contribution in [3.63, 3.8) is 0 Å². The molecule has 0 amide bonds. The first-order valence-electron chi connectivity index (χ1n) is 8.48. The predicted molar refractivity (Wildman–Crippen MR) is 121 cm³/mol. The van der Waals surface area contributed by atoms with E-state index in [1.165, 1.54) is 0 Å². The molecule has 0 heterocycles. The lowest BCUT2D eigenvalue weighted by molar-refractivity contribution is 0.408. The third kappa shape index (κ3) is 6.57. The number of anilines is 1. The van der Waals surface area contributed by atoms with E-state index in [1.54, 1.807) is 31.2 Å². The van der Waals surface area contributed by atoms with Crippen LogP contribution in [0.25, 0.3) is 0 Å². The fraction of sp³-hybridized carbons (Fsp3) is 0.350. The summed E-state index contributed by atoms with van der Waals surface area (Å²) in [5.41, 5.74) is 3.62. The summed E-state index contributed by atoms with van der Waals surface area (Å²) < 4.78 is 19.5. The van der Waals surface area contributed by atoms with Gasteiger partial charge < -0.3 is 20.3 Å². The number of ether oxygens (including phenoxy) is 1. The lowest BCUT2D eigenvalue weighted by atomic mass is 10.1. The molecular formula is C20H28FIN4O. The second-order valence-electron chi connectivity index (χ2n) is 6.27. The summed E-state index contributed by atoms with van der Waals surface area (Å²) >= 11 is 0. The van der Waals surface area contributed by atoms with E-state index in [2.05, 4.69) is 15.6 Å². The van der Waals surface area contributed by atoms with Crippen molar-refractivity contribution in [3.8, 4) is 5.75 Å². The zero-order valence-corrected chi connectivity index (χ0v) is 18.8. The van der Waals surface area contributed by atoms with Gasteiger partial charge in [-0.05, 0) is 36.2 Å². The molecule has 0 aliphatic rings. The Morgan fingerprint density at radius 3 is 2.41 bits per heavy atom. The fourth-order valence-electron chi connectivity index (χ4n) is 2.61. The Kier molecular flexibility index (Phi) is 9.34. The zero-order chi connectivity index (χ0) is 19.1. The molecule has 0 aliphatic carbocycles. The summed E-state index contributed by atoms with van der Waals surface area (Å²) in [4.78, 5) is 5.96. The van der Waals surface area contributed by atoms with Gasteiger partial charge >= 0.3 is 0 Å². The number of nitrogens with zero attached hydrogens (tertiary/aromatic N) is 2. The van der Waals surface area contributed by atoms with Gasteiger partial charge in [-0.25, -0.2) is 4.39 Å². The smallest absolute Gasteiger partial charge is 0.191 e. The van der Waals surface area contributed by atoms with Crippen LogP contribution in [0.3, 0.4) is 0 Å². The summed E-state index contributed by atoms with van der Waals surface area (Å²) in [5, 5.41) is 6.45. The minimum Gasteiger partial charge on any atom is -0.496 e. The molecule has 5 nitrogen and oxygen atoms in total. The van der Waals surface area contributed by atoms with Gasteiger partial charge in [0.15, 0.2) is 5.96 Å². The van der Waals surface area contributed by atoms with Crippen LogP contribution in [0.2, 0.25) is 0 Å². The van der Waals surface area contributed by atoms with Crippen molar-refractivity contribution < 1.29 is 9.13 Å². The molecule has 0 spiro atoms. The van der Waals surface area contributed by atoms with E-state index in [-0.39, 0.29) is 29.8 Å². The third-order valence-corrected chi connectivity index (χ3v) is 4.07. The van der Waals surface area contributed by atoms with Crippen molar-refractivity contribution in [2.45, 2.75) is 20.0 Å². The summed E-state index contributed by atoms with van der Waals surface area (Å²) in [7, 11) is 7.01. The maximum atomic E-state index is 14.1. The van der Waals surface area contributed by atoms with E-state index in [0.29, 0.717) is 24.7 Å². The highest BCUT2D eigenvalue weighted by molar-refractivity contribution is 14.0. The summed E-state index contributed by atoms with van der Waals surface area (Å²) in [6.45, 7) is 3.09. The van der Waals surface area contributed by atoms with Crippen LogP contribution >= 0.6 is 24.0 Å². The lowest BCUT2D eigenvalue weighted by Gasteiger charge is -2.16. The van der Waals surface area contributed by atoms with E-state index < -0.39 is 0 Å². The van der Waals surface area contributed by atoms with Gasteiger partial charge in [0.25, 0.3) is 0 Å². The van der Waals surface area contributed by atoms with Gasteiger partial charge in [0.05, 0.1) is 12.8 Å². The maximum Gasteiger partial charge on any atom is 0.191 e. The van der Waals surface area contributed by atoms with Gasteiger partial charge in [0.2, 0.25) is 0 Å². The summed E-state index contributed by atoms with van der Waals surface area (Å²) in [6.07, 6.45) is 0. The summed E-state index contributed by atoms with van der Waals surface area (Å²) in [5.74, 6) is 1.25. The standard InChI is InChI=1S/C20H27FN4O.HI/c1-14-6-8-16(19(10-14)26-5)13-24-20(22-2)23-12-15-7-9-18(25(3)4)17(21)11-15;/h6-11H,12-13H2,1-5H3,(H2,22,23,24);1H. The van der Waals surface area contributed by atoms with E-state index in [4.69, 9.17) is 4.74 Å². The van der Waals surface area contributed by atoms with Crippen LogP contribution in [0, 0.1) is 12.7 Å². The largest absolute Gasteiger partial charge is 0.496 e. The Bertz CT molecular complexity index is 781. The molecule has 27 heavy (non-hydrogen) atoms. The normalized spacial score (nSPS) is 10.8. The van der Waals surface area contributed by atoms with Gasteiger partial charge in [-0.2, -0.15) is 0 Å². The first-order valence-corrected chi connectivity index (χ1v) is 8.48. The molecule has 0 saturated heterocycles. The quantitative estimate of drug-likeness (QED) is 0.372. The minimum absolute atomic E-state index is 0. The Labute approximate surface area is 178 Å². The van der Waals surface area contributed by atoms with Gasteiger partial charge in [0, 0.05) is 39.8 Å². The Balaban J connectivity index is 0.00000364. The van der Waals surface area contributed by atoms with E-state index in [1.807, 2.05) is 45.3 Å². The molecule has 2 aromatic carbocycles. The SMILES string of the molecule is CN=C(NCc1ccc(N(C)C)c(F)c1)NCc1ccc(C)cc1OC.I. The number of aliphatic imine (C=N–C) groups is 1. The van der Waals surface area contributed by atoms with Gasteiger partial charge in [0.1, 0.15) is 11.6 Å². The van der Waals surface area contributed by atoms with Crippen LogP contribution in [0.5, 0.6) is 5.75 Å². The second-order valence-corrected chi connectivity index (χ2v) is 6.27. The number of aryl methyl sites for hydroxylation is 1. The van der Waals surface area contributed by atoms with Gasteiger partial charge in [-0.1, -0.05) is 18.2 Å². The number of benzene rings is 2. The molecule has 0 aliphatic heterocycles. The number of rotatable bonds is 6. The zero-order valence-electron chi connectivity index (χ0n) is 16.5. The number of guanidine groups is 1. The summed E-state index contributed by atoms with van der Waals surface area (Å²) in [6, 6.07) is 11.3. The molecule has 148 valence electrons. The number of nitrogens with one attached hydrogen (secondary N) is 2. The topological polar surface area (TPSA) is 48.9 Å². The van der Waals surface area contributed by atoms with Crippen LogP contribution in [0.15, 0.2) is 41.4 Å². The van der Waals surface area contributed by atoms with Gasteiger partial charge in [-0.15, -0.1) is 24.0 Å². The number of halogens is 2. The molecule has 2 rings (SSSR count). The monoisotopic (exact) mass is 486 g/mol. The van der Waals surface area contributed by atoms with Crippen LogP contribution < -0.4 is 20.3 Å². The van der Waals surface area contributed by atoms with Gasteiger partial charge in [-0.3, -0.25) is 4.99 Å². The van der Waals surface area contributed by atoms with Crippen molar-refractivity contribution in [2.75, 3.05) is 33.2 Å². The molecule has 0 unspecified atom stereocenters. The third-order valence-electron chi connectivity index (χ3n) is 4.07. The Morgan fingerprint density at radius 2 is 1.81 bits per heavy atom. The average molecular weight is 486 g/mol. The maximum absolute atomic E-state index is 14.1. The Hall–Kier alpha value is -2.03. The molecule has 0 saturated carbocycles. The van der Waals surface area contributed by atoms with E-state index in [9.17, 15) is 4.39 Å². The number of hydrogen-bond acceptors (Lipinski definition) is 3. The predicted octanol–water partition coefficient (Wildman–Crippen LogP) is 3.69. The minimum atomic E-state index is -0.235. The number of methoxy groups -OCH3 is 1. The van der Waals surface area contributed by atoms with Crippen LogP contribution in [-0.2, 0) is 13.1 Å². The molecule has 0 bridgehead atoms. The van der Waals surface area contributed by atoms with Crippen molar-refractivity contribution in [2.24, 2.45) is 4.99 Å². The van der Waals surface area contributed by atoms with E-state index in [0.717, 1.165) is 22.4 Å². The lowest BCUT2D eigenvalue weighted by Crippen LogP contribution is -2.36. The molecule has 0 fully saturated rings. The highest BCUT2D eigenvalue weighted by Crippen LogP contribution is 2.20. The molecule has 2 aromatic rings. The fourth-order valence-corrected chi connectivity index (χ4v) is 2.61. The first kappa shape index (κ1) is 23.0. The van der Waals surface area contributed by atoms with Crippen LogP contribution in [0.4, 0.5) is 10.1 Å². The second kappa shape index (κ2) is 11.0. The van der Waals surface area contributed by atoms with Crippen molar-refractivity contribution in [1.82, 2.24) is 10.6 Å². The molecule has 2 N–H and O–H groups in total. The Morgan fingerprint density at radius 1 is 1.11 bits per heavy atom. The van der Waals surface area contributed by atoms with Crippen LogP contribution in [-0.4, -0.2) is 34.2 Å². The van der Waals surface area contributed by atoms with Crippen molar-refractivity contribution in [3.05, 3.63) is 58.9 Å². The van der Waals surface area contributed by atoms with Crippen LogP contribution in [0.1, 0.15) is 16.7 Å².